The van der Waals surface area contributed by atoms with Gasteiger partial charge in [0.2, 0.25) is 0 Å². The zero-order chi connectivity index (χ0) is 21.1. The van der Waals surface area contributed by atoms with E-state index >= 15 is 0 Å². The number of nitrogens with zero attached hydrogens (tertiary/aromatic N) is 4. The van der Waals surface area contributed by atoms with Gasteiger partial charge in [0, 0.05) is 44.9 Å². The number of imidazole rings is 1. The van der Waals surface area contributed by atoms with Gasteiger partial charge in [-0.2, -0.15) is 5.10 Å². The third kappa shape index (κ3) is 2.81. The molecule has 0 unspecified atom stereocenters. The highest BCUT2D eigenvalue weighted by molar-refractivity contribution is 7.15. The van der Waals surface area contributed by atoms with Crippen LogP contribution in [0.25, 0.3) is 55.0 Å². The molecule has 6 aromatic rings. The van der Waals surface area contributed by atoms with Crippen LogP contribution in [0.1, 0.15) is 10.7 Å². The molecule has 0 amide bonds. The number of thiophene rings is 1. The molecule has 7 heteroatoms. The Labute approximate surface area is 182 Å². The van der Waals surface area contributed by atoms with Crippen LogP contribution in [0.5, 0.6) is 0 Å². The second-order valence-electron chi connectivity index (χ2n) is 7.80. The van der Waals surface area contributed by atoms with E-state index in [0.29, 0.717) is 0 Å². The zero-order valence-corrected chi connectivity index (χ0v) is 18.2. The Balaban J connectivity index is 1.52. The Morgan fingerprint density at radius 1 is 0.968 bits per heavy atom. The Hall–Kier alpha value is -3.71. The third-order valence-electron chi connectivity index (χ3n) is 5.87. The first kappa shape index (κ1) is 18.1. The van der Waals surface area contributed by atoms with Gasteiger partial charge >= 0.3 is 0 Å². The van der Waals surface area contributed by atoms with Crippen LogP contribution in [-0.4, -0.2) is 29.7 Å². The minimum Gasteiger partial charge on any atom is -0.338 e. The second-order valence-corrected chi connectivity index (χ2v) is 9.08. The SMILES string of the molecule is Cc1ccc(-c2ccnc3[nH]c(-c4n[nH]c5ccc(-c6cnc(C)n6C)cc45)cc23)s1. The van der Waals surface area contributed by atoms with Gasteiger partial charge in [-0.25, -0.2) is 9.97 Å². The quantitative estimate of drug-likeness (QED) is 0.374. The number of fused-ring (bicyclic) bond motifs is 2. The van der Waals surface area contributed by atoms with Crippen molar-refractivity contribution in [2.45, 2.75) is 13.8 Å². The molecule has 152 valence electrons. The maximum Gasteiger partial charge on any atom is 0.138 e. The first-order chi connectivity index (χ1) is 15.1. The molecule has 31 heavy (non-hydrogen) atoms. The molecule has 0 aliphatic rings. The topological polar surface area (TPSA) is 75.2 Å². The van der Waals surface area contributed by atoms with Gasteiger partial charge in [0.25, 0.3) is 0 Å². The van der Waals surface area contributed by atoms with E-state index in [4.69, 9.17) is 0 Å². The van der Waals surface area contributed by atoms with Crippen molar-refractivity contribution in [1.82, 2.24) is 29.7 Å². The highest BCUT2D eigenvalue weighted by atomic mass is 32.1. The molecule has 0 saturated heterocycles. The van der Waals surface area contributed by atoms with E-state index in [1.54, 1.807) is 11.3 Å². The predicted octanol–water partition coefficient (Wildman–Crippen LogP) is 5.85. The maximum absolute atomic E-state index is 4.63. The van der Waals surface area contributed by atoms with Gasteiger partial charge in [-0.3, -0.25) is 5.10 Å². The van der Waals surface area contributed by atoms with Crippen LogP contribution in [-0.2, 0) is 7.05 Å². The summed E-state index contributed by atoms with van der Waals surface area (Å²) in [6, 6.07) is 14.9. The first-order valence-corrected chi connectivity index (χ1v) is 10.9. The van der Waals surface area contributed by atoms with Gasteiger partial charge in [-0.05, 0) is 50.2 Å². The van der Waals surface area contributed by atoms with Gasteiger partial charge < -0.3 is 9.55 Å². The Morgan fingerprint density at radius 2 is 1.87 bits per heavy atom. The van der Waals surface area contributed by atoms with Crippen molar-refractivity contribution >= 4 is 33.3 Å². The molecular formula is C24H20N6S. The molecule has 0 spiro atoms. The smallest absolute Gasteiger partial charge is 0.138 e. The van der Waals surface area contributed by atoms with Crippen molar-refractivity contribution in [3.05, 3.63) is 65.6 Å². The monoisotopic (exact) mass is 424 g/mol. The number of benzene rings is 1. The summed E-state index contributed by atoms with van der Waals surface area (Å²) >= 11 is 1.80. The molecule has 5 heterocycles. The van der Waals surface area contributed by atoms with Crippen molar-refractivity contribution in [3.63, 3.8) is 0 Å². The van der Waals surface area contributed by atoms with E-state index in [-0.39, 0.29) is 0 Å². The van der Waals surface area contributed by atoms with Gasteiger partial charge in [-0.15, -0.1) is 11.3 Å². The van der Waals surface area contributed by atoms with Gasteiger partial charge in [0.1, 0.15) is 17.2 Å². The standard InChI is InChI=1S/C24H20N6S/c1-13-4-7-22(31-13)16-8-9-25-24-17(16)11-20(27-24)23-18-10-15(5-6-19(18)28-29-23)21-12-26-14(2)30(21)3/h4-12H,1-3H3,(H,25,27)(H,28,29). The lowest BCUT2D eigenvalue weighted by Crippen LogP contribution is -1.94. The van der Waals surface area contributed by atoms with Gasteiger partial charge in [0.05, 0.1) is 23.1 Å². The summed E-state index contributed by atoms with van der Waals surface area (Å²) in [5.74, 6) is 0.987. The fourth-order valence-electron chi connectivity index (χ4n) is 4.10. The van der Waals surface area contributed by atoms with E-state index in [0.717, 1.165) is 50.4 Å². The number of aromatic amines is 2. The van der Waals surface area contributed by atoms with Crippen molar-refractivity contribution in [2.24, 2.45) is 7.05 Å². The van der Waals surface area contributed by atoms with Crippen molar-refractivity contribution in [2.75, 3.05) is 0 Å². The van der Waals surface area contributed by atoms with Crippen LogP contribution in [0.4, 0.5) is 0 Å². The molecule has 0 aliphatic carbocycles. The molecular weight excluding hydrogens is 404 g/mol. The van der Waals surface area contributed by atoms with E-state index in [1.807, 2.05) is 26.4 Å². The zero-order valence-electron chi connectivity index (χ0n) is 17.4. The van der Waals surface area contributed by atoms with E-state index in [9.17, 15) is 0 Å². The van der Waals surface area contributed by atoms with Crippen LogP contribution >= 0.6 is 11.3 Å². The molecule has 6 nitrogen and oxygen atoms in total. The number of aryl methyl sites for hydroxylation is 2. The minimum atomic E-state index is 0.869. The Morgan fingerprint density at radius 3 is 2.65 bits per heavy atom. The summed E-state index contributed by atoms with van der Waals surface area (Å²) in [6.07, 6.45) is 3.77. The maximum atomic E-state index is 4.63. The summed E-state index contributed by atoms with van der Waals surface area (Å²) in [7, 11) is 2.04. The number of nitrogens with one attached hydrogen (secondary N) is 2. The predicted molar refractivity (Wildman–Crippen MR) is 126 cm³/mol. The molecule has 1 aromatic carbocycles. The largest absolute Gasteiger partial charge is 0.338 e. The van der Waals surface area contributed by atoms with Gasteiger partial charge in [-0.1, -0.05) is 6.07 Å². The number of H-pyrrole nitrogens is 2. The summed E-state index contributed by atoms with van der Waals surface area (Å²) in [4.78, 5) is 15.0. The molecule has 0 saturated carbocycles. The third-order valence-corrected chi connectivity index (χ3v) is 6.91. The molecule has 0 fully saturated rings. The van der Waals surface area contributed by atoms with Crippen LogP contribution in [0.2, 0.25) is 0 Å². The normalized spacial score (nSPS) is 11.7. The second kappa shape index (κ2) is 6.65. The first-order valence-electron chi connectivity index (χ1n) is 10.1. The van der Waals surface area contributed by atoms with Crippen LogP contribution in [0, 0.1) is 13.8 Å². The number of hydrogen-bond acceptors (Lipinski definition) is 4. The van der Waals surface area contributed by atoms with Crippen LogP contribution in [0.3, 0.4) is 0 Å². The lowest BCUT2D eigenvalue weighted by Gasteiger charge is -2.04. The van der Waals surface area contributed by atoms with Crippen LogP contribution < -0.4 is 0 Å². The number of rotatable bonds is 3. The molecule has 0 atom stereocenters. The highest BCUT2D eigenvalue weighted by Gasteiger charge is 2.16. The molecule has 5 aromatic heterocycles. The summed E-state index contributed by atoms with van der Waals surface area (Å²) < 4.78 is 2.10. The average Bonchev–Trinajstić information content (AvgIpc) is 3.54. The van der Waals surface area contributed by atoms with E-state index in [2.05, 4.69) is 79.1 Å². The molecule has 6 rings (SSSR count). The van der Waals surface area contributed by atoms with Crippen molar-refractivity contribution in [1.29, 1.82) is 0 Å². The molecule has 0 radical (unpaired) electrons. The minimum absolute atomic E-state index is 0.869. The molecule has 2 N–H and O–H groups in total. The van der Waals surface area contributed by atoms with Crippen LogP contribution in [0.15, 0.2) is 54.9 Å². The molecule has 0 bridgehead atoms. The van der Waals surface area contributed by atoms with E-state index < -0.39 is 0 Å². The fraction of sp³-hybridized carbons (Fsp3) is 0.125. The number of aromatic nitrogens is 6. The van der Waals surface area contributed by atoms with Crippen molar-refractivity contribution < 1.29 is 0 Å². The summed E-state index contributed by atoms with van der Waals surface area (Å²) in [5, 5.41) is 9.97. The number of pyridine rings is 1. The lowest BCUT2D eigenvalue weighted by molar-refractivity contribution is 0.865. The fourth-order valence-corrected chi connectivity index (χ4v) is 5.00. The van der Waals surface area contributed by atoms with Gasteiger partial charge in [0.15, 0.2) is 0 Å². The van der Waals surface area contributed by atoms with E-state index in [1.165, 1.54) is 15.3 Å². The van der Waals surface area contributed by atoms with Crippen molar-refractivity contribution in [3.8, 4) is 33.1 Å². The lowest BCUT2D eigenvalue weighted by atomic mass is 10.1. The highest BCUT2D eigenvalue weighted by Crippen LogP contribution is 2.36. The Kier molecular flexibility index (Phi) is 3.88. The number of hydrogen-bond donors (Lipinski definition) is 2. The average molecular weight is 425 g/mol. The summed E-state index contributed by atoms with van der Waals surface area (Å²) in [6.45, 7) is 4.14. The Bertz CT molecular complexity index is 1580. The molecule has 0 aliphatic heterocycles. The summed E-state index contributed by atoms with van der Waals surface area (Å²) in [5.41, 5.74) is 7.10.